The predicted octanol–water partition coefficient (Wildman–Crippen LogP) is 3.08. The van der Waals surface area contributed by atoms with Crippen LogP contribution in [0.5, 0.6) is 0 Å². The van der Waals surface area contributed by atoms with Crippen LogP contribution in [0.3, 0.4) is 0 Å². The van der Waals surface area contributed by atoms with E-state index in [9.17, 15) is 9.59 Å². The maximum atomic E-state index is 12.7. The summed E-state index contributed by atoms with van der Waals surface area (Å²) >= 11 is 3.16. The van der Waals surface area contributed by atoms with E-state index in [1.54, 1.807) is 16.2 Å². The van der Waals surface area contributed by atoms with Crippen LogP contribution in [0.2, 0.25) is 0 Å². The van der Waals surface area contributed by atoms with Crippen molar-refractivity contribution in [3.63, 3.8) is 0 Å². The number of rotatable bonds is 5. The molecule has 0 saturated carbocycles. The SMILES string of the molecule is CC(c1nc2ccccc2s1)N1CCN(C(=O)Cn2nc(-c3cccs3)oc2=O)CC1. The van der Waals surface area contributed by atoms with E-state index in [1.165, 1.54) is 16.0 Å². The Balaban J connectivity index is 1.20. The second-order valence-corrected chi connectivity index (χ2v) is 9.43. The number of para-hydroxylation sites is 1. The fourth-order valence-corrected chi connectivity index (χ4v) is 5.42. The minimum absolute atomic E-state index is 0.110. The highest BCUT2D eigenvalue weighted by molar-refractivity contribution is 7.18. The number of thiophene rings is 1. The zero-order valence-corrected chi connectivity index (χ0v) is 18.6. The highest BCUT2D eigenvalue weighted by atomic mass is 32.1. The first-order valence-corrected chi connectivity index (χ1v) is 11.8. The molecule has 1 atom stereocenters. The smallest absolute Gasteiger partial charge is 0.387 e. The van der Waals surface area contributed by atoms with E-state index in [2.05, 4.69) is 23.0 Å². The molecule has 4 heterocycles. The molecule has 0 bridgehead atoms. The molecular formula is C21H21N5O3S2. The lowest BCUT2D eigenvalue weighted by molar-refractivity contribution is -0.134. The van der Waals surface area contributed by atoms with Gasteiger partial charge in [0.2, 0.25) is 5.91 Å². The third kappa shape index (κ3) is 4.06. The van der Waals surface area contributed by atoms with Crippen molar-refractivity contribution in [2.75, 3.05) is 26.2 Å². The van der Waals surface area contributed by atoms with Gasteiger partial charge in [-0.05, 0) is 30.5 Å². The van der Waals surface area contributed by atoms with Crippen LogP contribution in [0.1, 0.15) is 18.0 Å². The van der Waals surface area contributed by atoms with Crippen molar-refractivity contribution in [2.24, 2.45) is 0 Å². The molecular weight excluding hydrogens is 434 g/mol. The van der Waals surface area contributed by atoms with Gasteiger partial charge in [0, 0.05) is 26.2 Å². The van der Waals surface area contributed by atoms with Crippen molar-refractivity contribution >= 4 is 38.8 Å². The van der Waals surface area contributed by atoms with E-state index < -0.39 is 5.76 Å². The number of hydrogen-bond acceptors (Lipinski definition) is 8. The van der Waals surface area contributed by atoms with Crippen LogP contribution in [0, 0.1) is 0 Å². The third-order valence-corrected chi connectivity index (χ3v) is 7.57. The van der Waals surface area contributed by atoms with Crippen LogP contribution in [-0.4, -0.2) is 56.7 Å². The van der Waals surface area contributed by atoms with Crippen LogP contribution in [0.15, 0.2) is 51.0 Å². The largest absolute Gasteiger partial charge is 0.437 e. The molecule has 4 aromatic rings. The molecule has 8 nitrogen and oxygen atoms in total. The van der Waals surface area contributed by atoms with Crippen molar-refractivity contribution in [1.82, 2.24) is 24.6 Å². The second kappa shape index (κ2) is 8.37. The van der Waals surface area contributed by atoms with Crippen molar-refractivity contribution in [3.05, 3.63) is 57.3 Å². The van der Waals surface area contributed by atoms with Crippen LogP contribution >= 0.6 is 22.7 Å². The summed E-state index contributed by atoms with van der Waals surface area (Å²) in [5, 5.41) is 7.15. The molecule has 1 unspecified atom stereocenters. The normalized spacial score (nSPS) is 16.1. The average molecular weight is 456 g/mol. The van der Waals surface area contributed by atoms with Gasteiger partial charge in [0.25, 0.3) is 5.89 Å². The summed E-state index contributed by atoms with van der Waals surface area (Å²) in [7, 11) is 0. The zero-order chi connectivity index (χ0) is 21.4. The molecule has 1 saturated heterocycles. The van der Waals surface area contributed by atoms with E-state index in [-0.39, 0.29) is 24.4 Å². The number of nitrogens with zero attached hydrogens (tertiary/aromatic N) is 5. The minimum Gasteiger partial charge on any atom is -0.387 e. The van der Waals surface area contributed by atoms with Gasteiger partial charge in [-0.3, -0.25) is 9.69 Å². The molecule has 0 spiro atoms. The molecule has 1 aromatic carbocycles. The van der Waals surface area contributed by atoms with Crippen molar-refractivity contribution in [3.8, 4) is 10.8 Å². The summed E-state index contributed by atoms with van der Waals surface area (Å²) < 4.78 is 7.49. The van der Waals surface area contributed by atoms with Crippen LogP contribution in [-0.2, 0) is 11.3 Å². The third-order valence-electron chi connectivity index (χ3n) is 5.51. The van der Waals surface area contributed by atoms with Crippen molar-refractivity contribution < 1.29 is 9.21 Å². The van der Waals surface area contributed by atoms with E-state index in [0.717, 1.165) is 33.2 Å². The van der Waals surface area contributed by atoms with Crippen LogP contribution in [0.4, 0.5) is 0 Å². The Morgan fingerprint density at radius 1 is 1.16 bits per heavy atom. The fraction of sp³-hybridized carbons (Fsp3) is 0.333. The van der Waals surface area contributed by atoms with E-state index >= 15 is 0 Å². The Bertz CT molecular complexity index is 1220. The van der Waals surface area contributed by atoms with Gasteiger partial charge in [-0.25, -0.2) is 9.78 Å². The summed E-state index contributed by atoms with van der Waals surface area (Å²) in [5.74, 6) is -0.484. The van der Waals surface area contributed by atoms with Gasteiger partial charge < -0.3 is 9.32 Å². The molecule has 5 rings (SSSR count). The fourth-order valence-electron chi connectivity index (χ4n) is 3.72. The number of carbonyl (C=O) groups is 1. The summed E-state index contributed by atoms with van der Waals surface area (Å²) in [6.45, 7) is 4.79. The molecule has 160 valence electrons. The second-order valence-electron chi connectivity index (χ2n) is 7.42. The molecule has 1 fully saturated rings. The van der Waals surface area contributed by atoms with Crippen molar-refractivity contribution in [2.45, 2.75) is 19.5 Å². The van der Waals surface area contributed by atoms with E-state index in [0.29, 0.717) is 13.1 Å². The molecule has 10 heteroatoms. The first-order chi connectivity index (χ1) is 15.1. The Hall–Kier alpha value is -2.82. The number of aromatic nitrogens is 3. The Kier molecular flexibility index (Phi) is 5.43. The number of hydrogen-bond donors (Lipinski definition) is 0. The Morgan fingerprint density at radius 2 is 1.97 bits per heavy atom. The lowest BCUT2D eigenvalue weighted by Crippen LogP contribution is -2.50. The number of piperazine rings is 1. The highest BCUT2D eigenvalue weighted by Crippen LogP contribution is 2.30. The highest BCUT2D eigenvalue weighted by Gasteiger charge is 2.27. The lowest BCUT2D eigenvalue weighted by Gasteiger charge is -2.37. The topological polar surface area (TPSA) is 84.5 Å². The number of thiazole rings is 1. The maximum absolute atomic E-state index is 12.7. The maximum Gasteiger partial charge on any atom is 0.437 e. The van der Waals surface area contributed by atoms with Gasteiger partial charge in [-0.1, -0.05) is 18.2 Å². The zero-order valence-electron chi connectivity index (χ0n) is 16.9. The number of carbonyl (C=O) groups excluding carboxylic acids is 1. The van der Waals surface area contributed by atoms with Gasteiger partial charge in [-0.15, -0.1) is 27.8 Å². The summed E-state index contributed by atoms with van der Waals surface area (Å²) in [6.07, 6.45) is 0. The quantitative estimate of drug-likeness (QED) is 0.460. The predicted molar refractivity (Wildman–Crippen MR) is 120 cm³/mol. The molecule has 1 aliphatic rings. The molecule has 0 N–H and O–H groups in total. The number of fused-ring (bicyclic) bond motifs is 1. The first kappa shape index (κ1) is 20.1. The van der Waals surface area contributed by atoms with Gasteiger partial charge in [-0.2, -0.15) is 4.68 Å². The monoisotopic (exact) mass is 455 g/mol. The van der Waals surface area contributed by atoms with E-state index in [1.807, 2.05) is 35.7 Å². The summed E-state index contributed by atoms with van der Waals surface area (Å²) in [6, 6.07) is 12.0. The summed E-state index contributed by atoms with van der Waals surface area (Å²) in [4.78, 5) is 34.5. The Labute approximate surface area is 186 Å². The average Bonchev–Trinajstić information content (AvgIpc) is 3.53. The molecule has 3 aromatic heterocycles. The van der Waals surface area contributed by atoms with Gasteiger partial charge >= 0.3 is 5.76 Å². The number of benzene rings is 1. The molecule has 31 heavy (non-hydrogen) atoms. The van der Waals surface area contributed by atoms with Crippen LogP contribution < -0.4 is 5.76 Å². The molecule has 1 amide bonds. The molecule has 1 aliphatic heterocycles. The van der Waals surface area contributed by atoms with Gasteiger partial charge in [0.05, 0.1) is 21.1 Å². The van der Waals surface area contributed by atoms with E-state index in [4.69, 9.17) is 9.40 Å². The van der Waals surface area contributed by atoms with Gasteiger partial charge in [0.15, 0.2) is 0 Å². The number of amides is 1. The Morgan fingerprint density at radius 3 is 2.71 bits per heavy atom. The summed E-state index contributed by atoms with van der Waals surface area (Å²) in [5.41, 5.74) is 1.03. The molecule has 0 aliphatic carbocycles. The van der Waals surface area contributed by atoms with Crippen molar-refractivity contribution in [1.29, 1.82) is 0 Å². The lowest BCUT2D eigenvalue weighted by atomic mass is 10.2. The van der Waals surface area contributed by atoms with Crippen LogP contribution in [0.25, 0.3) is 21.0 Å². The minimum atomic E-state index is -0.611. The first-order valence-electron chi connectivity index (χ1n) is 10.1. The molecule has 0 radical (unpaired) electrons. The van der Waals surface area contributed by atoms with Gasteiger partial charge in [0.1, 0.15) is 11.6 Å². The standard InChI is InChI=1S/C21H21N5O3S2/c1-14(20-22-15-5-2-3-6-16(15)31-20)24-8-10-25(11-9-24)18(27)13-26-21(28)29-19(23-26)17-7-4-12-30-17/h2-7,12,14H,8-11,13H2,1H3.